The van der Waals surface area contributed by atoms with Crippen LogP contribution in [0.25, 0.3) is 11.0 Å². The van der Waals surface area contributed by atoms with Crippen LogP contribution in [0.2, 0.25) is 0 Å². The molecule has 4 aromatic rings. The number of carbonyl (C=O) groups is 1. The summed E-state index contributed by atoms with van der Waals surface area (Å²) in [6.07, 6.45) is 3.20. The SMILES string of the molecule is CCCc1nnc(NC(=O)/C(C#N)=C\c2ccc(OCc3cc(=O)n4nc(C)sc4n3)cc2)s1. The van der Waals surface area contributed by atoms with Gasteiger partial charge in [-0.3, -0.25) is 14.9 Å². The minimum Gasteiger partial charge on any atom is -0.487 e. The Kier molecular flexibility index (Phi) is 7.05. The first kappa shape index (κ1) is 23.2. The zero-order valence-electron chi connectivity index (χ0n) is 18.3. The second kappa shape index (κ2) is 10.3. The maximum absolute atomic E-state index is 12.4. The molecule has 0 aliphatic heterocycles. The minimum atomic E-state index is -0.548. The van der Waals surface area contributed by atoms with E-state index in [-0.39, 0.29) is 17.7 Å². The first-order chi connectivity index (χ1) is 16.4. The molecule has 1 N–H and O–H groups in total. The van der Waals surface area contributed by atoms with Gasteiger partial charge in [-0.05, 0) is 37.1 Å². The number of fused-ring (bicyclic) bond motifs is 1. The number of amides is 1. The van der Waals surface area contributed by atoms with Gasteiger partial charge >= 0.3 is 0 Å². The van der Waals surface area contributed by atoms with Crippen LogP contribution in [0.5, 0.6) is 5.75 Å². The van der Waals surface area contributed by atoms with Crippen LogP contribution in [0.15, 0.2) is 40.7 Å². The van der Waals surface area contributed by atoms with Crippen LogP contribution < -0.4 is 15.6 Å². The van der Waals surface area contributed by atoms with Crippen molar-refractivity contribution < 1.29 is 9.53 Å². The van der Waals surface area contributed by atoms with Crippen LogP contribution in [0, 0.1) is 18.3 Å². The summed E-state index contributed by atoms with van der Waals surface area (Å²) in [7, 11) is 0. The highest BCUT2D eigenvalue weighted by Gasteiger charge is 2.13. The van der Waals surface area contributed by atoms with Crippen molar-refractivity contribution in [3.63, 3.8) is 0 Å². The van der Waals surface area contributed by atoms with Crippen molar-refractivity contribution in [2.75, 3.05) is 5.32 Å². The predicted molar refractivity (Wildman–Crippen MR) is 129 cm³/mol. The van der Waals surface area contributed by atoms with Crippen molar-refractivity contribution in [3.05, 3.63) is 67.5 Å². The molecule has 172 valence electrons. The van der Waals surface area contributed by atoms with E-state index >= 15 is 0 Å². The van der Waals surface area contributed by atoms with Crippen molar-refractivity contribution in [1.82, 2.24) is 24.8 Å². The van der Waals surface area contributed by atoms with Gasteiger partial charge < -0.3 is 4.74 Å². The Bertz CT molecular complexity index is 1460. The number of hydrogen-bond acceptors (Lipinski definition) is 10. The molecule has 1 amide bonds. The Hall–Kier alpha value is -3.95. The Morgan fingerprint density at radius 3 is 2.79 bits per heavy atom. The lowest BCUT2D eigenvalue weighted by Crippen LogP contribution is -2.16. The zero-order chi connectivity index (χ0) is 24.1. The quantitative estimate of drug-likeness (QED) is 0.291. The van der Waals surface area contributed by atoms with Crippen LogP contribution in [0.4, 0.5) is 5.13 Å². The van der Waals surface area contributed by atoms with Gasteiger partial charge in [0.2, 0.25) is 10.1 Å². The lowest BCUT2D eigenvalue weighted by Gasteiger charge is -2.06. The topological polar surface area (TPSA) is 135 Å². The fraction of sp³-hybridized carbons (Fsp3) is 0.227. The third-order valence-electron chi connectivity index (χ3n) is 4.49. The monoisotopic (exact) mass is 493 g/mol. The third-order valence-corrected chi connectivity index (χ3v) is 6.22. The second-order valence-electron chi connectivity index (χ2n) is 7.13. The number of benzene rings is 1. The smallest absolute Gasteiger partial charge is 0.275 e. The number of hydrogen-bond donors (Lipinski definition) is 1. The average molecular weight is 494 g/mol. The predicted octanol–water partition coefficient (Wildman–Crippen LogP) is 3.39. The van der Waals surface area contributed by atoms with Gasteiger partial charge in [-0.25, -0.2) is 4.98 Å². The van der Waals surface area contributed by atoms with Gasteiger partial charge in [0.25, 0.3) is 11.5 Å². The van der Waals surface area contributed by atoms with E-state index < -0.39 is 5.91 Å². The van der Waals surface area contributed by atoms with E-state index in [1.54, 1.807) is 24.3 Å². The number of aryl methyl sites for hydroxylation is 2. The summed E-state index contributed by atoms with van der Waals surface area (Å²) in [5.74, 6) is 0.00740. The van der Waals surface area contributed by atoms with Crippen LogP contribution in [-0.4, -0.2) is 30.7 Å². The van der Waals surface area contributed by atoms with Crippen molar-refractivity contribution in [1.29, 1.82) is 5.26 Å². The van der Waals surface area contributed by atoms with Gasteiger partial charge in [-0.15, -0.1) is 10.2 Å². The molecule has 0 atom stereocenters. The number of rotatable bonds is 8. The van der Waals surface area contributed by atoms with Gasteiger partial charge in [0.15, 0.2) is 0 Å². The maximum atomic E-state index is 12.4. The molecule has 3 heterocycles. The Balaban J connectivity index is 1.40. The number of nitrogens with one attached hydrogen (secondary N) is 1. The number of ether oxygens (including phenoxy) is 1. The number of anilines is 1. The molecule has 0 radical (unpaired) electrons. The molecule has 34 heavy (non-hydrogen) atoms. The molecule has 0 spiro atoms. The normalized spacial score (nSPS) is 11.4. The van der Waals surface area contributed by atoms with E-state index in [0.29, 0.717) is 27.1 Å². The highest BCUT2D eigenvalue weighted by Crippen LogP contribution is 2.19. The van der Waals surface area contributed by atoms with E-state index in [1.165, 1.54) is 39.3 Å². The van der Waals surface area contributed by atoms with E-state index in [4.69, 9.17) is 4.74 Å². The summed E-state index contributed by atoms with van der Waals surface area (Å²) >= 11 is 2.62. The molecule has 0 saturated carbocycles. The molecule has 10 nitrogen and oxygen atoms in total. The largest absolute Gasteiger partial charge is 0.487 e. The first-order valence-corrected chi connectivity index (χ1v) is 11.9. The second-order valence-corrected chi connectivity index (χ2v) is 9.36. The fourth-order valence-electron chi connectivity index (χ4n) is 2.94. The first-order valence-electron chi connectivity index (χ1n) is 10.3. The number of carbonyl (C=O) groups excluding carboxylic acids is 1. The number of nitrogens with zero attached hydrogens (tertiary/aromatic N) is 6. The Labute approximate surface area is 202 Å². The standard InChI is InChI=1S/C22H19N7O3S2/c1-3-4-18-26-27-21(34-18)25-20(31)15(11-23)9-14-5-7-17(8-6-14)32-12-16-10-19(30)29-22(24-16)33-13(2)28-29/h5-10H,3-4,12H2,1-2H3,(H,25,27,31)/b15-9-. The summed E-state index contributed by atoms with van der Waals surface area (Å²) in [6.45, 7) is 3.96. The van der Waals surface area contributed by atoms with Crippen molar-refractivity contribution >= 4 is 44.7 Å². The molecule has 3 aromatic heterocycles. The van der Waals surface area contributed by atoms with E-state index in [2.05, 4.69) is 25.6 Å². The Morgan fingerprint density at radius 2 is 2.06 bits per heavy atom. The van der Waals surface area contributed by atoms with Crippen LogP contribution >= 0.6 is 22.7 Å². The fourth-order valence-corrected chi connectivity index (χ4v) is 4.55. The summed E-state index contributed by atoms with van der Waals surface area (Å²) in [6, 6.07) is 10.2. The van der Waals surface area contributed by atoms with Crippen molar-refractivity contribution in [3.8, 4) is 11.8 Å². The van der Waals surface area contributed by atoms with E-state index in [0.717, 1.165) is 22.9 Å². The molecular weight excluding hydrogens is 474 g/mol. The van der Waals surface area contributed by atoms with E-state index in [9.17, 15) is 14.9 Å². The number of aromatic nitrogens is 5. The molecule has 0 fully saturated rings. The van der Waals surface area contributed by atoms with Gasteiger partial charge in [-0.1, -0.05) is 41.7 Å². The van der Waals surface area contributed by atoms with Crippen molar-refractivity contribution in [2.45, 2.75) is 33.3 Å². The van der Waals surface area contributed by atoms with Gasteiger partial charge in [0.1, 0.15) is 34.0 Å². The highest BCUT2D eigenvalue weighted by molar-refractivity contribution is 7.16. The summed E-state index contributed by atoms with van der Waals surface area (Å²) < 4.78 is 7.00. The van der Waals surface area contributed by atoms with Gasteiger partial charge in [0, 0.05) is 12.5 Å². The molecule has 12 heteroatoms. The summed E-state index contributed by atoms with van der Waals surface area (Å²) in [5.41, 5.74) is 0.838. The van der Waals surface area contributed by atoms with Crippen LogP contribution in [0.3, 0.4) is 0 Å². The highest BCUT2D eigenvalue weighted by atomic mass is 32.1. The molecule has 0 bridgehead atoms. The Morgan fingerprint density at radius 1 is 1.26 bits per heavy atom. The lowest BCUT2D eigenvalue weighted by molar-refractivity contribution is -0.112. The van der Waals surface area contributed by atoms with Crippen molar-refractivity contribution in [2.24, 2.45) is 0 Å². The maximum Gasteiger partial charge on any atom is 0.275 e. The van der Waals surface area contributed by atoms with Crippen LogP contribution in [0.1, 0.15) is 34.6 Å². The number of nitriles is 1. The third kappa shape index (κ3) is 5.51. The molecule has 1 aromatic carbocycles. The molecule has 0 aliphatic rings. The van der Waals surface area contributed by atoms with E-state index in [1.807, 2.05) is 19.9 Å². The average Bonchev–Trinajstić information content (AvgIpc) is 3.42. The summed E-state index contributed by atoms with van der Waals surface area (Å²) in [5, 5.41) is 26.0. The minimum absolute atomic E-state index is 0.0567. The molecule has 0 aliphatic carbocycles. The summed E-state index contributed by atoms with van der Waals surface area (Å²) in [4.78, 5) is 29.5. The van der Waals surface area contributed by atoms with Gasteiger partial charge in [-0.2, -0.15) is 14.9 Å². The molecular formula is C22H19N7O3S2. The molecule has 0 unspecified atom stereocenters. The molecule has 4 rings (SSSR count). The van der Waals surface area contributed by atoms with Gasteiger partial charge in [0.05, 0.1) is 5.69 Å². The van der Waals surface area contributed by atoms with Crippen LogP contribution in [-0.2, 0) is 17.8 Å². The lowest BCUT2D eigenvalue weighted by atomic mass is 10.1. The molecule has 0 saturated heterocycles. The zero-order valence-corrected chi connectivity index (χ0v) is 19.9.